The Balaban J connectivity index is 2.03. The summed E-state index contributed by atoms with van der Waals surface area (Å²) in [7, 11) is 0. The molecule has 0 aromatic heterocycles. The van der Waals surface area contributed by atoms with E-state index in [-0.39, 0.29) is 24.3 Å². The van der Waals surface area contributed by atoms with E-state index in [0.29, 0.717) is 25.8 Å². The summed E-state index contributed by atoms with van der Waals surface area (Å²) in [5.74, 6) is -2.14. The molecule has 0 aliphatic heterocycles. The summed E-state index contributed by atoms with van der Waals surface area (Å²) in [5, 5.41) is 18.9. The van der Waals surface area contributed by atoms with Crippen LogP contribution in [-0.2, 0) is 30.4 Å². The van der Waals surface area contributed by atoms with Crippen LogP contribution in [0.25, 0.3) is 0 Å². The molecular weight excluding hydrogens is 488 g/mol. The van der Waals surface area contributed by atoms with Gasteiger partial charge in [-0.3, -0.25) is 24.0 Å². The van der Waals surface area contributed by atoms with E-state index >= 15 is 0 Å². The molecule has 0 unspecified atom stereocenters. The van der Waals surface area contributed by atoms with Gasteiger partial charge in [0.15, 0.2) is 0 Å². The van der Waals surface area contributed by atoms with Crippen LogP contribution >= 0.6 is 0 Å². The largest absolute Gasteiger partial charge is 0.480 e. The molecule has 0 heterocycles. The minimum Gasteiger partial charge on any atom is -0.480 e. The molecule has 4 amide bonds. The van der Waals surface area contributed by atoms with E-state index in [1.54, 1.807) is 6.92 Å². The van der Waals surface area contributed by atoms with Crippen molar-refractivity contribution >= 4 is 29.6 Å². The second-order valence-electron chi connectivity index (χ2n) is 9.33. The first-order valence-corrected chi connectivity index (χ1v) is 13.7. The standard InChI is InChI=1S/C28H44N4O6/c1-2-24(33)32-23(19-22-15-11-10-12-16-22)28(38)29-18-14-9-7-5-3-4-6-8-13-17-25(34)30-20-26(35)31-21-27(36)37/h10-12,15-16,23H,2-9,13-14,17-21H2,1H3,(H,29,38)(H,30,34)(H,31,35)(H,32,33)(H,36,37)/t23-/m0/s1. The van der Waals surface area contributed by atoms with Crippen molar-refractivity contribution in [2.75, 3.05) is 19.6 Å². The minimum atomic E-state index is -1.13. The lowest BCUT2D eigenvalue weighted by molar-refractivity contribution is -0.137. The van der Waals surface area contributed by atoms with Gasteiger partial charge < -0.3 is 26.4 Å². The first kappa shape index (κ1) is 32.6. The number of aliphatic carboxylic acids is 1. The highest BCUT2D eigenvalue weighted by atomic mass is 16.4. The van der Waals surface area contributed by atoms with E-state index in [2.05, 4.69) is 21.3 Å². The van der Waals surface area contributed by atoms with Gasteiger partial charge in [0.2, 0.25) is 23.6 Å². The van der Waals surface area contributed by atoms with Gasteiger partial charge in [0.25, 0.3) is 0 Å². The normalized spacial score (nSPS) is 11.3. The number of amides is 4. The number of rotatable bonds is 21. The fourth-order valence-electron chi connectivity index (χ4n) is 3.84. The van der Waals surface area contributed by atoms with E-state index in [1.807, 2.05) is 30.3 Å². The molecule has 0 aliphatic rings. The van der Waals surface area contributed by atoms with Crippen LogP contribution in [0, 0.1) is 0 Å². The molecule has 10 heteroatoms. The molecule has 1 aromatic rings. The van der Waals surface area contributed by atoms with Crippen LogP contribution in [0.3, 0.4) is 0 Å². The first-order valence-electron chi connectivity index (χ1n) is 13.7. The highest BCUT2D eigenvalue weighted by molar-refractivity contribution is 5.88. The zero-order valence-electron chi connectivity index (χ0n) is 22.6. The average Bonchev–Trinajstić information content (AvgIpc) is 2.91. The van der Waals surface area contributed by atoms with E-state index in [4.69, 9.17) is 5.11 Å². The predicted molar refractivity (Wildman–Crippen MR) is 145 cm³/mol. The molecule has 1 rings (SSSR count). The van der Waals surface area contributed by atoms with Gasteiger partial charge in [-0.1, -0.05) is 82.2 Å². The van der Waals surface area contributed by atoms with E-state index in [1.165, 1.54) is 0 Å². The van der Waals surface area contributed by atoms with Gasteiger partial charge in [0.1, 0.15) is 12.6 Å². The maximum atomic E-state index is 12.6. The molecule has 0 fully saturated rings. The van der Waals surface area contributed by atoms with Crippen LogP contribution in [0.15, 0.2) is 30.3 Å². The number of hydrogen-bond acceptors (Lipinski definition) is 5. The second kappa shape index (κ2) is 20.6. The molecule has 0 spiro atoms. The molecular formula is C28H44N4O6. The van der Waals surface area contributed by atoms with Crippen molar-refractivity contribution in [1.82, 2.24) is 21.3 Å². The Morgan fingerprint density at radius 2 is 1.29 bits per heavy atom. The number of unbranched alkanes of at least 4 members (excludes halogenated alkanes) is 8. The summed E-state index contributed by atoms with van der Waals surface area (Å²) in [6, 6.07) is 9.09. The SMILES string of the molecule is CCC(=O)N[C@@H](Cc1ccccc1)C(=O)NCCCCCCCCCCCC(=O)NCC(=O)NCC(=O)O. The Morgan fingerprint density at radius 1 is 0.711 bits per heavy atom. The van der Waals surface area contributed by atoms with Gasteiger partial charge in [-0.2, -0.15) is 0 Å². The molecule has 0 saturated carbocycles. The Kier molecular flexibility index (Phi) is 17.7. The zero-order chi connectivity index (χ0) is 28.0. The summed E-state index contributed by atoms with van der Waals surface area (Å²) in [6.45, 7) is 1.70. The van der Waals surface area contributed by atoms with Crippen LogP contribution < -0.4 is 21.3 Å². The molecule has 212 valence electrons. The minimum absolute atomic E-state index is 0.136. The van der Waals surface area contributed by atoms with Crippen molar-refractivity contribution in [2.24, 2.45) is 0 Å². The van der Waals surface area contributed by atoms with Gasteiger partial charge in [-0.25, -0.2) is 0 Å². The van der Waals surface area contributed by atoms with Crippen molar-refractivity contribution in [1.29, 1.82) is 0 Å². The smallest absolute Gasteiger partial charge is 0.322 e. The van der Waals surface area contributed by atoms with Crippen LogP contribution in [0.5, 0.6) is 0 Å². The first-order chi connectivity index (χ1) is 18.3. The molecule has 0 bridgehead atoms. The van der Waals surface area contributed by atoms with Crippen molar-refractivity contribution in [3.8, 4) is 0 Å². The summed E-state index contributed by atoms with van der Waals surface area (Å²) in [5.41, 5.74) is 1.01. The van der Waals surface area contributed by atoms with E-state index < -0.39 is 24.5 Å². The molecule has 0 saturated heterocycles. The molecule has 0 aliphatic carbocycles. The van der Waals surface area contributed by atoms with Crippen molar-refractivity contribution in [3.63, 3.8) is 0 Å². The van der Waals surface area contributed by atoms with Gasteiger partial charge in [0.05, 0.1) is 6.54 Å². The molecule has 1 atom stereocenters. The predicted octanol–water partition coefficient (Wildman–Crippen LogP) is 2.46. The Bertz CT molecular complexity index is 862. The maximum absolute atomic E-state index is 12.6. The highest BCUT2D eigenvalue weighted by Crippen LogP contribution is 2.10. The number of hydrogen-bond donors (Lipinski definition) is 5. The fraction of sp³-hybridized carbons (Fsp3) is 0.607. The van der Waals surface area contributed by atoms with Crippen LogP contribution in [0.2, 0.25) is 0 Å². The van der Waals surface area contributed by atoms with Crippen molar-refractivity contribution < 1.29 is 29.1 Å². The van der Waals surface area contributed by atoms with Crippen LogP contribution in [-0.4, -0.2) is 60.4 Å². The van der Waals surface area contributed by atoms with E-state index in [0.717, 1.165) is 63.4 Å². The lowest BCUT2D eigenvalue weighted by Crippen LogP contribution is -2.48. The third-order valence-electron chi connectivity index (χ3n) is 6.02. The Labute approximate surface area is 225 Å². The number of carbonyl (C=O) groups excluding carboxylic acids is 4. The number of carboxylic acid groups (broad SMARTS) is 1. The van der Waals surface area contributed by atoms with Crippen LogP contribution in [0.1, 0.15) is 83.1 Å². The number of nitrogens with one attached hydrogen (secondary N) is 4. The fourth-order valence-corrected chi connectivity index (χ4v) is 3.84. The average molecular weight is 533 g/mol. The summed E-state index contributed by atoms with van der Waals surface area (Å²) in [4.78, 5) is 57.9. The molecule has 10 nitrogen and oxygen atoms in total. The van der Waals surface area contributed by atoms with Gasteiger partial charge in [0, 0.05) is 25.8 Å². The lowest BCUT2D eigenvalue weighted by Gasteiger charge is -2.18. The lowest BCUT2D eigenvalue weighted by atomic mass is 10.0. The number of carboxylic acids is 1. The number of carbonyl (C=O) groups is 5. The summed E-state index contributed by atoms with van der Waals surface area (Å²) in [6.07, 6.45) is 10.3. The highest BCUT2D eigenvalue weighted by Gasteiger charge is 2.20. The topological polar surface area (TPSA) is 154 Å². The van der Waals surface area contributed by atoms with E-state index in [9.17, 15) is 24.0 Å². The third-order valence-corrected chi connectivity index (χ3v) is 6.02. The maximum Gasteiger partial charge on any atom is 0.322 e. The number of benzene rings is 1. The Morgan fingerprint density at radius 3 is 1.89 bits per heavy atom. The quantitative estimate of drug-likeness (QED) is 0.153. The van der Waals surface area contributed by atoms with Gasteiger partial charge >= 0.3 is 5.97 Å². The van der Waals surface area contributed by atoms with Crippen molar-refractivity contribution in [3.05, 3.63) is 35.9 Å². The zero-order valence-corrected chi connectivity index (χ0v) is 22.6. The summed E-state index contributed by atoms with van der Waals surface area (Å²) < 4.78 is 0. The molecule has 1 aromatic carbocycles. The third kappa shape index (κ3) is 17.1. The van der Waals surface area contributed by atoms with Crippen LogP contribution in [0.4, 0.5) is 0 Å². The monoisotopic (exact) mass is 532 g/mol. The molecule has 0 radical (unpaired) electrons. The van der Waals surface area contributed by atoms with Gasteiger partial charge in [-0.05, 0) is 18.4 Å². The molecule has 38 heavy (non-hydrogen) atoms. The molecule has 5 N–H and O–H groups in total. The second-order valence-corrected chi connectivity index (χ2v) is 9.33. The van der Waals surface area contributed by atoms with Gasteiger partial charge in [-0.15, -0.1) is 0 Å². The van der Waals surface area contributed by atoms with Crippen molar-refractivity contribution in [2.45, 2.75) is 90.0 Å². The summed E-state index contributed by atoms with van der Waals surface area (Å²) >= 11 is 0. The Hall–Kier alpha value is -3.43.